The van der Waals surface area contributed by atoms with Crippen LogP contribution in [0.15, 0.2) is 12.2 Å². The number of carbonyl (C=O) groups is 2. The Balaban J connectivity index is 2.12. The molecule has 1 aliphatic heterocycles. The number of allylic oxidation sites excluding steroid dienone is 2. The first-order valence-electron chi connectivity index (χ1n) is 7.31. The molecule has 4 nitrogen and oxygen atoms in total. The number of rotatable bonds is 3. The van der Waals surface area contributed by atoms with E-state index in [2.05, 4.69) is 6.92 Å². The standard InChI is InChI=1S/C15H23NO3/c1-2-11-7-5-6-10-16(11)14(17)12-8-3-4-9-13(12)15(18)19/h3-4,11-13H,2,5-10H2,1H3,(H,18,19)/p-1/t11-,12-,13+/m1/s1. The highest BCUT2D eigenvalue weighted by molar-refractivity contribution is 5.85. The molecule has 0 radical (unpaired) electrons. The van der Waals surface area contributed by atoms with Gasteiger partial charge in [0.25, 0.3) is 0 Å². The van der Waals surface area contributed by atoms with E-state index in [1.165, 1.54) is 0 Å². The highest BCUT2D eigenvalue weighted by atomic mass is 16.4. The molecule has 0 unspecified atom stereocenters. The van der Waals surface area contributed by atoms with Crippen LogP contribution < -0.4 is 5.11 Å². The van der Waals surface area contributed by atoms with Gasteiger partial charge in [0.2, 0.25) is 5.91 Å². The molecule has 0 aromatic rings. The minimum Gasteiger partial charge on any atom is -0.550 e. The lowest BCUT2D eigenvalue weighted by Gasteiger charge is -2.40. The number of nitrogens with zero attached hydrogens (tertiary/aromatic N) is 1. The Labute approximate surface area is 114 Å². The molecule has 19 heavy (non-hydrogen) atoms. The third-order valence-corrected chi connectivity index (χ3v) is 4.43. The summed E-state index contributed by atoms with van der Waals surface area (Å²) in [6, 6.07) is 0.287. The third kappa shape index (κ3) is 2.99. The fourth-order valence-corrected chi connectivity index (χ4v) is 3.28. The average molecular weight is 264 g/mol. The van der Waals surface area contributed by atoms with E-state index in [-0.39, 0.29) is 11.9 Å². The van der Waals surface area contributed by atoms with E-state index in [0.717, 1.165) is 32.2 Å². The zero-order valence-electron chi connectivity index (χ0n) is 11.5. The minimum absolute atomic E-state index is 0.0186. The molecule has 1 heterocycles. The number of amides is 1. The summed E-state index contributed by atoms with van der Waals surface area (Å²) in [5, 5.41) is 11.2. The van der Waals surface area contributed by atoms with Crippen molar-refractivity contribution in [1.82, 2.24) is 4.90 Å². The van der Waals surface area contributed by atoms with Gasteiger partial charge in [-0.2, -0.15) is 0 Å². The monoisotopic (exact) mass is 264 g/mol. The van der Waals surface area contributed by atoms with Gasteiger partial charge in [-0.25, -0.2) is 0 Å². The summed E-state index contributed by atoms with van der Waals surface area (Å²) in [6.07, 6.45) is 8.90. The molecule has 0 bridgehead atoms. The molecule has 0 N–H and O–H groups in total. The second-order valence-electron chi connectivity index (χ2n) is 5.56. The molecule has 2 aliphatic rings. The number of piperidine rings is 1. The summed E-state index contributed by atoms with van der Waals surface area (Å²) < 4.78 is 0. The molecule has 0 aromatic heterocycles. The van der Waals surface area contributed by atoms with Crippen molar-refractivity contribution in [1.29, 1.82) is 0 Å². The lowest BCUT2D eigenvalue weighted by atomic mass is 9.81. The Bertz CT molecular complexity index is 378. The van der Waals surface area contributed by atoms with Crippen LogP contribution >= 0.6 is 0 Å². The van der Waals surface area contributed by atoms with Crippen LogP contribution in [0.3, 0.4) is 0 Å². The number of carboxylic acids is 1. The van der Waals surface area contributed by atoms with Gasteiger partial charge in [0.05, 0.1) is 0 Å². The molecule has 1 saturated heterocycles. The number of carbonyl (C=O) groups excluding carboxylic acids is 2. The lowest BCUT2D eigenvalue weighted by molar-refractivity contribution is -0.313. The van der Waals surface area contributed by atoms with Crippen LogP contribution in [0.4, 0.5) is 0 Å². The van der Waals surface area contributed by atoms with E-state index in [4.69, 9.17) is 0 Å². The van der Waals surface area contributed by atoms with Crippen molar-refractivity contribution in [3.63, 3.8) is 0 Å². The van der Waals surface area contributed by atoms with Gasteiger partial charge < -0.3 is 14.8 Å². The molecule has 2 rings (SSSR count). The van der Waals surface area contributed by atoms with Gasteiger partial charge in [-0.1, -0.05) is 19.1 Å². The van der Waals surface area contributed by atoms with E-state index in [1.807, 2.05) is 17.1 Å². The first kappa shape index (κ1) is 14.1. The summed E-state index contributed by atoms with van der Waals surface area (Å²) in [4.78, 5) is 25.7. The fraction of sp³-hybridized carbons (Fsp3) is 0.733. The zero-order valence-corrected chi connectivity index (χ0v) is 11.5. The molecule has 0 aromatic carbocycles. The summed E-state index contributed by atoms with van der Waals surface area (Å²) in [5.41, 5.74) is 0. The molecule has 4 heteroatoms. The maximum absolute atomic E-state index is 12.6. The Morgan fingerprint density at radius 1 is 1.21 bits per heavy atom. The van der Waals surface area contributed by atoms with Crippen LogP contribution in [0.1, 0.15) is 45.4 Å². The van der Waals surface area contributed by atoms with Crippen molar-refractivity contribution in [3.05, 3.63) is 12.2 Å². The predicted molar refractivity (Wildman–Crippen MR) is 70.0 cm³/mol. The van der Waals surface area contributed by atoms with Gasteiger partial charge in [0, 0.05) is 30.4 Å². The molecule has 1 fully saturated rings. The Morgan fingerprint density at radius 2 is 1.89 bits per heavy atom. The summed E-state index contributed by atoms with van der Waals surface area (Å²) >= 11 is 0. The fourth-order valence-electron chi connectivity index (χ4n) is 3.28. The first-order valence-corrected chi connectivity index (χ1v) is 7.31. The second-order valence-corrected chi connectivity index (χ2v) is 5.56. The van der Waals surface area contributed by atoms with Crippen molar-refractivity contribution in [2.24, 2.45) is 11.8 Å². The summed E-state index contributed by atoms with van der Waals surface area (Å²) in [6.45, 7) is 2.87. The van der Waals surface area contributed by atoms with Gasteiger partial charge in [0.1, 0.15) is 0 Å². The van der Waals surface area contributed by atoms with E-state index >= 15 is 0 Å². The Morgan fingerprint density at radius 3 is 2.53 bits per heavy atom. The van der Waals surface area contributed by atoms with E-state index in [0.29, 0.717) is 12.8 Å². The Hall–Kier alpha value is -1.32. The second kappa shape index (κ2) is 6.22. The topological polar surface area (TPSA) is 60.4 Å². The first-order chi connectivity index (χ1) is 9.15. The van der Waals surface area contributed by atoms with Crippen LogP contribution in [0.2, 0.25) is 0 Å². The van der Waals surface area contributed by atoms with Gasteiger partial charge in [-0.05, 0) is 38.5 Å². The third-order valence-electron chi connectivity index (χ3n) is 4.43. The van der Waals surface area contributed by atoms with Crippen LogP contribution in [-0.4, -0.2) is 29.4 Å². The van der Waals surface area contributed by atoms with Crippen molar-refractivity contribution in [3.8, 4) is 0 Å². The largest absolute Gasteiger partial charge is 0.550 e. The van der Waals surface area contributed by atoms with Crippen LogP contribution in [0, 0.1) is 11.8 Å². The van der Waals surface area contributed by atoms with E-state index in [9.17, 15) is 14.7 Å². The SMILES string of the molecule is CC[C@@H]1CCCCN1C(=O)[C@@H]1CC=CC[C@@H]1C(=O)[O-]. The quantitative estimate of drug-likeness (QED) is 0.717. The van der Waals surface area contributed by atoms with Crippen LogP contribution in [0.5, 0.6) is 0 Å². The zero-order chi connectivity index (χ0) is 13.8. The number of likely N-dealkylation sites (tertiary alicyclic amines) is 1. The summed E-state index contributed by atoms with van der Waals surface area (Å²) in [5.74, 6) is -2.16. The van der Waals surface area contributed by atoms with Crippen molar-refractivity contribution >= 4 is 11.9 Å². The predicted octanol–water partition coefficient (Wildman–Crippen LogP) is 1.11. The smallest absolute Gasteiger partial charge is 0.226 e. The molecular weight excluding hydrogens is 242 g/mol. The van der Waals surface area contributed by atoms with Crippen molar-refractivity contribution < 1.29 is 14.7 Å². The molecule has 1 amide bonds. The highest BCUT2D eigenvalue weighted by Crippen LogP contribution is 2.30. The van der Waals surface area contributed by atoms with E-state index < -0.39 is 17.8 Å². The number of aliphatic carboxylic acids is 1. The minimum atomic E-state index is -1.09. The highest BCUT2D eigenvalue weighted by Gasteiger charge is 2.35. The maximum atomic E-state index is 12.6. The maximum Gasteiger partial charge on any atom is 0.226 e. The molecule has 3 atom stereocenters. The summed E-state index contributed by atoms with van der Waals surface area (Å²) in [7, 11) is 0. The number of hydrogen-bond donors (Lipinski definition) is 0. The van der Waals surface area contributed by atoms with Gasteiger partial charge in [0.15, 0.2) is 0 Å². The van der Waals surface area contributed by atoms with E-state index in [1.54, 1.807) is 0 Å². The number of carboxylic acid groups (broad SMARTS) is 1. The Kier molecular flexibility index (Phi) is 4.61. The molecule has 0 saturated carbocycles. The van der Waals surface area contributed by atoms with Crippen molar-refractivity contribution in [2.75, 3.05) is 6.54 Å². The van der Waals surface area contributed by atoms with Gasteiger partial charge in [-0.3, -0.25) is 4.79 Å². The lowest BCUT2D eigenvalue weighted by Crippen LogP contribution is -2.50. The molecular formula is C15H22NO3-. The van der Waals surface area contributed by atoms with Gasteiger partial charge >= 0.3 is 0 Å². The van der Waals surface area contributed by atoms with Gasteiger partial charge in [-0.15, -0.1) is 0 Å². The van der Waals surface area contributed by atoms with Crippen molar-refractivity contribution in [2.45, 2.75) is 51.5 Å². The number of hydrogen-bond acceptors (Lipinski definition) is 3. The molecule has 0 spiro atoms. The normalized spacial score (nSPS) is 31.2. The molecule has 106 valence electrons. The average Bonchev–Trinajstić information content (AvgIpc) is 2.46. The van der Waals surface area contributed by atoms with Crippen LogP contribution in [0.25, 0.3) is 0 Å². The molecule has 1 aliphatic carbocycles. The van der Waals surface area contributed by atoms with Crippen LogP contribution in [-0.2, 0) is 9.59 Å².